The first kappa shape index (κ1) is 20.8. The molecule has 1 aliphatic carbocycles. The number of hydrogen-bond acceptors (Lipinski definition) is 6. The molecule has 0 bridgehead atoms. The molecule has 30 heavy (non-hydrogen) atoms. The summed E-state index contributed by atoms with van der Waals surface area (Å²) in [5, 5.41) is 5.74. The van der Waals surface area contributed by atoms with Gasteiger partial charge in [-0.2, -0.15) is 0 Å². The number of benzene rings is 1. The van der Waals surface area contributed by atoms with Gasteiger partial charge in [0.05, 0.1) is 0 Å². The Morgan fingerprint density at radius 3 is 2.57 bits per heavy atom. The molecule has 4 rings (SSSR count). The van der Waals surface area contributed by atoms with Crippen LogP contribution in [0, 0.1) is 0 Å². The molecule has 160 valence electrons. The van der Waals surface area contributed by atoms with Crippen LogP contribution in [0.5, 0.6) is 0 Å². The maximum Gasteiger partial charge on any atom is 0.273 e. The molecule has 2 aromatic rings. The number of para-hydroxylation sites is 1. The standard InChI is InChI=1S/C22H29N5O2S/c1-2-25-12-14-26(15-13-25)20(28)10-11-27(18-8-9-18)21(29)19-16-30-22(24-19)23-17-6-4-3-5-7-17/h3-7,16,18H,2,8-15H2,1H3,(H,23,24). The monoisotopic (exact) mass is 427 g/mol. The molecule has 1 N–H and O–H groups in total. The van der Waals surface area contributed by atoms with Gasteiger partial charge in [-0.15, -0.1) is 11.3 Å². The normalized spacial score (nSPS) is 17.0. The number of likely N-dealkylation sites (N-methyl/N-ethyl adjacent to an activating group) is 1. The predicted molar refractivity (Wildman–Crippen MR) is 119 cm³/mol. The Kier molecular flexibility index (Phi) is 6.64. The average Bonchev–Trinajstić information content (AvgIpc) is 3.52. The van der Waals surface area contributed by atoms with Crippen LogP contribution in [0.4, 0.5) is 10.8 Å². The largest absolute Gasteiger partial charge is 0.340 e. The van der Waals surface area contributed by atoms with Crippen LogP contribution in [0.15, 0.2) is 35.7 Å². The number of piperazine rings is 1. The molecule has 2 amide bonds. The van der Waals surface area contributed by atoms with Crippen LogP contribution in [0.1, 0.15) is 36.7 Å². The number of aromatic nitrogens is 1. The second-order valence-electron chi connectivity index (χ2n) is 7.82. The Bertz CT molecular complexity index is 859. The van der Waals surface area contributed by atoms with E-state index in [1.54, 1.807) is 5.38 Å². The lowest BCUT2D eigenvalue weighted by Gasteiger charge is -2.34. The van der Waals surface area contributed by atoms with Gasteiger partial charge in [0.25, 0.3) is 5.91 Å². The fraction of sp³-hybridized carbons (Fsp3) is 0.500. The molecule has 1 aromatic heterocycles. The van der Waals surface area contributed by atoms with E-state index in [4.69, 9.17) is 0 Å². The average molecular weight is 428 g/mol. The lowest BCUT2D eigenvalue weighted by Crippen LogP contribution is -2.49. The SMILES string of the molecule is CCN1CCN(C(=O)CCN(C(=O)c2csc(Nc3ccccc3)n2)C2CC2)CC1. The Hall–Kier alpha value is -2.45. The van der Waals surface area contributed by atoms with E-state index in [2.05, 4.69) is 22.1 Å². The number of rotatable bonds is 8. The fourth-order valence-corrected chi connectivity index (χ4v) is 4.45. The van der Waals surface area contributed by atoms with E-state index in [0.717, 1.165) is 51.3 Å². The summed E-state index contributed by atoms with van der Waals surface area (Å²) in [6, 6.07) is 10.0. The molecule has 2 fully saturated rings. The molecule has 7 nitrogen and oxygen atoms in total. The summed E-state index contributed by atoms with van der Waals surface area (Å²) >= 11 is 1.42. The van der Waals surface area contributed by atoms with Gasteiger partial charge in [0.15, 0.2) is 5.13 Å². The first-order valence-corrected chi connectivity index (χ1v) is 11.6. The van der Waals surface area contributed by atoms with Gasteiger partial charge in [-0.05, 0) is 31.5 Å². The summed E-state index contributed by atoms with van der Waals surface area (Å²) in [5.74, 6) is 0.0763. The number of amides is 2. The smallest absolute Gasteiger partial charge is 0.273 e. The van der Waals surface area contributed by atoms with E-state index in [1.165, 1.54) is 11.3 Å². The summed E-state index contributed by atoms with van der Waals surface area (Å²) in [6.45, 7) is 7.08. The fourth-order valence-electron chi connectivity index (χ4n) is 3.75. The third-order valence-electron chi connectivity index (χ3n) is 5.74. The number of nitrogens with zero attached hydrogens (tertiary/aromatic N) is 4. The van der Waals surface area contributed by atoms with Crippen LogP contribution in [-0.4, -0.2) is 76.8 Å². The summed E-state index contributed by atoms with van der Waals surface area (Å²) in [7, 11) is 0. The second-order valence-corrected chi connectivity index (χ2v) is 8.68. The summed E-state index contributed by atoms with van der Waals surface area (Å²) in [4.78, 5) is 36.4. The van der Waals surface area contributed by atoms with Crippen molar-refractivity contribution in [3.63, 3.8) is 0 Å². The highest BCUT2D eigenvalue weighted by atomic mass is 32.1. The zero-order valence-electron chi connectivity index (χ0n) is 17.4. The minimum absolute atomic E-state index is 0.0709. The van der Waals surface area contributed by atoms with Crippen molar-refractivity contribution in [1.82, 2.24) is 19.7 Å². The molecule has 1 aromatic carbocycles. The highest BCUT2D eigenvalue weighted by Crippen LogP contribution is 2.29. The van der Waals surface area contributed by atoms with Gasteiger partial charge >= 0.3 is 0 Å². The molecule has 0 spiro atoms. The van der Waals surface area contributed by atoms with Crippen LogP contribution in [0.3, 0.4) is 0 Å². The first-order valence-electron chi connectivity index (χ1n) is 10.7. The van der Waals surface area contributed by atoms with E-state index >= 15 is 0 Å². The number of hydrogen-bond donors (Lipinski definition) is 1. The van der Waals surface area contributed by atoms with E-state index in [0.29, 0.717) is 23.8 Å². The highest BCUT2D eigenvalue weighted by molar-refractivity contribution is 7.14. The molecular formula is C22H29N5O2S. The molecule has 1 saturated carbocycles. The number of nitrogens with one attached hydrogen (secondary N) is 1. The van der Waals surface area contributed by atoms with Crippen LogP contribution >= 0.6 is 11.3 Å². The Balaban J connectivity index is 1.33. The summed E-state index contributed by atoms with van der Waals surface area (Å²) < 4.78 is 0. The molecule has 2 aliphatic rings. The van der Waals surface area contributed by atoms with Gasteiger partial charge in [-0.1, -0.05) is 25.1 Å². The predicted octanol–water partition coefficient (Wildman–Crippen LogP) is 3.05. The van der Waals surface area contributed by atoms with E-state index in [-0.39, 0.29) is 17.9 Å². The maximum atomic E-state index is 13.1. The third kappa shape index (κ3) is 5.17. The van der Waals surface area contributed by atoms with Crippen molar-refractivity contribution in [2.75, 3.05) is 44.6 Å². The van der Waals surface area contributed by atoms with Crippen LogP contribution in [0.2, 0.25) is 0 Å². The molecule has 2 heterocycles. The number of carbonyl (C=O) groups excluding carboxylic acids is 2. The minimum atomic E-state index is -0.0709. The minimum Gasteiger partial charge on any atom is -0.340 e. The Labute approximate surface area is 181 Å². The molecule has 0 atom stereocenters. The van der Waals surface area contributed by atoms with Crippen molar-refractivity contribution in [2.45, 2.75) is 32.2 Å². The van der Waals surface area contributed by atoms with Crippen molar-refractivity contribution in [2.24, 2.45) is 0 Å². The van der Waals surface area contributed by atoms with Crippen molar-refractivity contribution in [3.05, 3.63) is 41.4 Å². The maximum absolute atomic E-state index is 13.1. The van der Waals surface area contributed by atoms with Crippen molar-refractivity contribution in [3.8, 4) is 0 Å². The van der Waals surface area contributed by atoms with E-state index in [9.17, 15) is 9.59 Å². The van der Waals surface area contributed by atoms with Crippen LogP contribution in [0.25, 0.3) is 0 Å². The Morgan fingerprint density at radius 1 is 1.17 bits per heavy atom. The summed E-state index contributed by atoms with van der Waals surface area (Å²) in [5.41, 5.74) is 1.40. The van der Waals surface area contributed by atoms with Crippen molar-refractivity contribution < 1.29 is 9.59 Å². The highest BCUT2D eigenvalue weighted by Gasteiger charge is 2.34. The van der Waals surface area contributed by atoms with Gasteiger partial charge in [0.2, 0.25) is 5.91 Å². The van der Waals surface area contributed by atoms with Gasteiger partial charge in [-0.3, -0.25) is 9.59 Å². The van der Waals surface area contributed by atoms with Gasteiger partial charge in [0, 0.05) is 56.3 Å². The molecule has 1 saturated heterocycles. The number of thiazole rings is 1. The Morgan fingerprint density at radius 2 is 1.90 bits per heavy atom. The zero-order valence-corrected chi connectivity index (χ0v) is 18.2. The first-order chi connectivity index (χ1) is 14.6. The van der Waals surface area contributed by atoms with Gasteiger partial charge in [-0.25, -0.2) is 4.98 Å². The van der Waals surface area contributed by atoms with E-state index in [1.807, 2.05) is 40.1 Å². The van der Waals surface area contributed by atoms with Crippen LogP contribution < -0.4 is 5.32 Å². The summed E-state index contributed by atoms with van der Waals surface area (Å²) in [6.07, 6.45) is 2.40. The van der Waals surface area contributed by atoms with Gasteiger partial charge < -0.3 is 20.0 Å². The molecule has 0 unspecified atom stereocenters. The van der Waals surface area contributed by atoms with E-state index < -0.39 is 0 Å². The topological polar surface area (TPSA) is 68.8 Å². The zero-order chi connectivity index (χ0) is 20.9. The number of anilines is 2. The quantitative estimate of drug-likeness (QED) is 0.701. The number of carbonyl (C=O) groups is 2. The molecular weight excluding hydrogens is 398 g/mol. The molecule has 1 aliphatic heterocycles. The van der Waals surface area contributed by atoms with Crippen LogP contribution in [-0.2, 0) is 4.79 Å². The van der Waals surface area contributed by atoms with Gasteiger partial charge in [0.1, 0.15) is 5.69 Å². The second kappa shape index (κ2) is 9.57. The molecule has 0 radical (unpaired) electrons. The van der Waals surface area contributed by atoms with Crippen molar-refractivity contribution in [1.29, 1.82) is 0 Å². The lowest BCUT2D eigenvalue weighted by molar-refractivity contribution is -0.133. The van der Waals surface area contributed by atoms with Crippen molar-refractivity contribution >= 4 is 34.0 Å². The molecule has 8 heteroatoms. The lowest BCUT2D eigenvalue weighted by atomic mass is 10.2. The third-order valence-corrected chi connectivity index (χ3v) is 6.49.